The Morgan fingerprint density at radius 1 is 0.333 bits per heavy atom. The molecule has 0 radical (unpaired) electrons. The minimum Gasteiger partial charge on any atom is -0.133 e. The van der Waals surface area contributed by atoms with E-state index in [1.165, 1.54) is 52.9 Å². The Balaban J connectivity index is 1.69. The van der Waals surface area contributed by atoms with Gasteiger partial charge in [-0.1, -0.05) is 121 Å². The zero-order valence-electron chi connectivity index (χ0n) is 19.1. The van der Waals surface area contributed by atoms with Crippen molar-refractivity contribution in [2.75, 3.05) is 0 Å². The third kappa shape index (κ3) is 4.33. The van der Waals surface area contributed by atoms with Crippen molar-refractivity contribution in [3.8, 4) is 52.9 Å². The molecule has 6 aromatic rings. The fourth-order valence-corrected chi connectivity index (χ4v) is 8.82. The van der Waals surface area contributed by atoms with Crippen molar-refractivity contribution in [3.63, 3.8) is 0 Å². The molecule has 0 aliphatic carbocycles. The number of halogens is 2. The van der Waals surface area contributed by atoms with Crippen LogP contribution < -0.4 is 0 Å². The number of thiophene rings is 2. The van der Waals surface area contributed by atoms with Crippen molar-refractivity contribution in [2.24, 2.45) is 0 Å². The number of benzene rings is 4. The molecule has 0 saturated carbocycles. The van der Waals surface area contributed by atoms with Crippen molar-refractivity contribution in [2.45, 2.75) is 0 Å². The second-order valence-corrected chi connectivity index (χ2v) is 12.0. The summed E-state index contributed by atoms with van der Waals surface area (Å²) >= 11 is 11.8. The Labute approximate surface area is 236 Å². The molecule has 2 heterocycles. The average molecular weight is 628 g/mol. The van der Waals surface area contributed by atoms with Gasteiger partial charge in [-0.05, 0) is 54.1 Å². The SMILES string of the molecule is Brc1c(-c2ccccc2)sc(-c2ccccc2)c1-c1c(-c2ccccc2)sc(-c2ccccc2)c1Br. The monoisotopic (exact) mass is 626 g/mol. The largest absolute Gasteiger partial charge is 0.133 e. The Morgan fingerprint density at radius 2 is 0.583 bits per heavy atom. The zero-order chi connectivity index (χ0) is 24.5. The standard InChI is InChI=1S/C32H20Br2S2/c33-27-25(29(21-13-5-1-6-14-21)35-31(27)23-17-9-3-10-18-23)26-28(34)32(24-19-11-4-12-20-24)36-30(26)22-15-7-2-8-16-22/h1-20H. The minimum absolute atomic E-state index is 1.13. The summed E-state index contributed by atoms with van der Waals surface area (Å²) in [5.74, 6) is 0. The summed E-state index contributed by atoms with van der Waals surface area (Å²) in [5, 5.41) is 0. The summed E-state index contributed by atoms with van der Waals surface area (Å²) in [6, 6.07) is 42.7. The van der Waals surface area contributed by atoms with Crippen molar-refractivity contribution in [1.29, 1.82) is 0 Å². The van der Waals surface area contributed by atoms with Crippen molar-refractivity contribution >= 4 is 54.5 Å². The van der Waals surface area contributed by atoms with Gasteiger partial charge in [0.05, 0.1) is 0 Å². The molecule has 0 bridgehead atoms. The van der Waals surface area contributed by atoms with Gasteiger partial charge in [-0.25, -0.2) is 0 Å². The van der Waals surface area contributed by atoms with Gasteiger partial charge in [0.1, 0.15) is 0 Å². The number of rotatable bonds is 5. The molecule has 0 atom stereocenters. The van der Waals surface area contributed by atoms with Crippen molar-refractivity contribution in [3.05, 3.63) is 130 Å². The highest BCUT2D eigenvalue weighted by Gasteiger charge is 2.28. The van der Waals surface area contributed by atoms with Gasteiger partial charge in [-0.2, -0.15) is 0 Å². The van der Waals surface area contributed by atoms with Crippen LogP contribution in [0, 0.1) is 0 Å². The van der Waals surface area contributed by atoms with Crippen LogP contribution in [0.25, 0.3) is 52.9 Å². The zero-order valence-corrected chi connectivity index (χ0v) is 23.9. The first kappa shape index (κ1) is 23.6. The first-order chi connectivity index (χ1) is 17.7. The van der Waals surface area contributed by atoms with Crippen molar-refractivity contribution in [1.82, 2.24) is 0 Å². The van der Waals surface area contributed by atoms with Crippen LogP contribution in [0.3, 0.4) is 0 Å². The number of hydrogen-bond donors (Lipinski definition) is 0. The predicted octanol–water partition coefficient (Wildman–Crippen LogP) is 11.7. The van der Waals surface area contributed by atoms with Gasteiger partial charge in [-0.3, -0.25) is 0 Å². The van der Waals surface area contributed by atoms with E-state index < -0.39 is 0 Å². The maximum Gasteiger partial charge on any atom is 0.0498 e. The molecule has 174 valence electrons. The van der Waals surface area contributed by atoms with Gasteiger partial charge >= 0.3 is 0 Å². The summed E-state index contributed by atoms with van der Waals surface area (Å²) in [6.45, 7) is 0. The van der Waals surface area contributed by atoms with Crippen LogP contribution in [0.15, 0.2) is 130 Å². The van der Waals surface area contributed by atoms with Crippen LogP contribution in [0.4, 0.5) is 0 Å². The first-order valence-electron chi connectivity index (χ1n) is 11.6. The molecule has 0 spiro atoms. The molecule has 36 heavy (non-hydrogen) atoms. The van der Waals surface area contributed by atoms with E-state index >= 15 is 0 Å². The third-order valence-corrected chi connectivity index (χ3v) is 10.8. The van der Waals surface area contributed by atoms with Crippen molar-refractivity contribution < 1.29 is 0 Å². The molecule has 6 rings (SSSR count). The molecule has 4 heteroatoms. The highest BCUT2D eigenvalue weighted by Crippen LogP contribution is 2.57. The molecule has 2 aromatic heterocycles. The van der Waals surface area contributed by atoms with Crippen LogP contribution in [0.5, 0.6) is 0 Å². The Morgan fingerprint density at radius 3 is 0.861 bits per heavy atom. The molecule has 0 N–H and O–H groups in total. The number of hydrogen-bond acceptors (Lipinski definition) is 2. The van der Waals surface area contributed by atoms with E-state index in [2.05, 4.69) is 153 Å². The molecule has 0 aliphatic rings. The maximum absolute atomic E-state index is 4.07. The lowest BCUT2D eigenvalue weighted by molar-refractivity contribution is 1.63. The predicted molar refractivity (Wildman–Crippen MR) is 165 cm³/mol. The molecule has 0 aliphatic heterocycles. The van der Waals surface area contributed by atoms with Gasteiger partial charge < -0.3 is 0 Å². The lowest BCUT2D eigenvalue weighted by Gasteiger charge is -2.09. The van der Waals surface area contributed by atoms with Gasteiger partial charge in [0.25, 0.3) is 0 Å². The molecular formula is C32H20Br2S2. The molecule has 0 saturated heterocycles. The molecule has 0 fully saturated rings. The normalized spacial score (nSPS) is 11.1. The summed E-state index contributed by atoms with van der Waals surface area (Å²) in [7, 11) is 0. The van der Waals surface area contributed by atoms with Gasteiger partial charge in [-0.15, -0.1) is 22.7 Å². The molecule has 0 nitrogen and oxygen atoms in total. The molecular weight excluding hydrogens is 608 g/mol. The minimum atomic E-state index is 1.13. The van der Waals surface area contributed by atoms with Crippen LogP contribution in [0.2, 0.25) is 0 Å². The van der Waals surface area contributed by atoms with Crippen LogP contribution in [-0.4, -0.2) is 0 Å². The van der Waals surface area contributed by atoms with Gasteiger partial charge in [0.15, 0.2) is 0 Å². The summed E-state index contributed by atoms with van der Waals surface area (Å²) in [5.41, 5.74) is 7.34. The Kier molecular flexibility index (Phi) is 6.77. The van der Waals surface area contributed by atoms with E-state index in [4.69, 9.17) is 0 Å². The summed E-state index contributed by atoms with van der Waals surface area (Å²) in [4.78, 5) is 5.00. The second-order valence-electron chi connectivity index (χ2n) is 8.36. The molecule has 0 amide bonds. The van der Waals surface area contributed by atoms with E-state index in [9.17, 15) is 0 Å². The fourth-order valence-electron chi connectivity index (χ4n) is 4.40. The molecule has 4 aromatic carbocycles. The summed E-state index contributed by atoms with van der Waals surface area (Å²) < 4.78 is 2.26. The summed E-state index contributed by atoms with van der Waals surface area (Å²) in [6.07, 6.45) is 0. The smallest absolute Gasteiger partial charge is 0.0498 e. The van der Waals surface area contributed by atoms with Gasteiger partial charge in [0.2, 0.25) is 0 Å². The average Bonchev–Trinajstić information content (AvgIpc) is 3.47. The van der Waals surface area contributed by atoms with Gasteiger partial charge in [0, 0.05) is 39.6 Å². The maximum atomic E-state index is 4.07. The highest BCUT2D eigenvalue weighted by molar-refractivity contribution is 9.11. The van der Waals surface area contributed by atoms with E-state index in [1.807, 2.05) is 22.7 Å². The van der Waals surface area contributed by atoms with Crippen LogP contribution in [-0.2, 0) is 0 Å². The highest BCUT2D eigenvalue weighted by atomic mass is 79.9. The van der Waals surface area contributed by atoms with Crippen LogP contribution >= 0.6 is 54.5 Å². The Bertz CT molecular complexity index is 1490. The second kappa shape index (κ2) is 10.3. The first-order valence-corrected chi connectivity index (χ1v) is 14.8. The van der Waals surface area contributed by atoms with Crippen LogP contribution in [0.1, 0.15) is 0 Å². The molecule has 0 unspecified atom stereocenters. The van der Waals surface area contributed by atoms with E-state index in [-0.39, 0.29) is 0 Å². The third-order valence-electron chi connectivity index (χ3n) is 6.09. The lowest BCUT2D eigenvalue weighted by atomic mass is 9.98. The lowest BCUT2D eigenvalue weighted by Crippen LogP contribution is -1.84. The fraction of sp³-hybridized carbons (Fsp3) is 0. The topological polar surface area (TPSA) is 0 Å². The quantitative estimate of drug-likeness (QED) is 0.178. The Hall–Kier alpha value is -2.76. The van der Waals surface area contributed by atoms with E-state index in [0.717, 1.165) is 8.95 Å². The van der Waals surface area contributed by atoms with E-state index in [1.54, 1.807) is 0 Å². The van der Waals surface area contributed by atoms with E-state index in [0.29, 0.717) is 0 Å².